The van der Waals surface area contributed by atoms with E-state index in [-0.39, 0.29) is 0 Å². The molecule has 0 saturated heterocycles. The van der Waals surface area contributed by atoms with Crippen LogP contribution in [0.2, 0.25) is 3.86 Å². The molecule has 0 aliphatic heterocycles. The summed E-state index contributed by atoms with van der Waals surface area (Å²) in [5.74, 6) is 0. The third kappa shape index (κ3) is 5.46. The molecule has 0 unspecified atom stereocenters. The first-order valence-electron chi connectivity index (χ1n) is 5.65. The Hall–Kier alpha value is 0.818. The van der Waals surface area contributed by atoms with Crippen molar-refractivity contribution in [3.8, 4) is 0 Å². The molecule has 1 aliphatic carbocycles. The summed E-state index contributed by atoms with van der Waals surface area (Å²) in [5.41, 5.74) is 0. The molecule has 0 N–H and O–H groups in total. The molecular formula is C11H23Sb. The van der Waals surface area contributed by atoms with Crippen LogP contribution in [0.3, 0.4) is 0 Å². The molecule has 0 spiro atoms. The van der Waals surface area contributed by atoms with Gasteiger partial charge >= 0.3 is 91.1 Å². The topological polar surface area (TPSA) is 0 Å². The molecule has 0 heterocycles. The molecule has 72 valence electrons. The first-order chi connectivity index (χ1) is 5.89. The predicted molar refractivity (Wildman–Crippen MR) is 58.5 cm³/mol. The van der Waals surface area contributed by atoms with E-state index < -0.39 is 0 Å². The quantitative estimate of drug-likeness (QED) is 0.596. The average molecular weight is 277 g/mol. The van der Waals surface area contributed by atoms with Gasteiger partial charge in [0.2, 0.25) is 0 Å². The maximum atomic E-state index is 1.54. The zero-order chi connectivity index (χ0) is 8.65. The minimum absolute atomic E-state index is 1.13. The second-order valence-electron chi connectivity index (χ2n) is 4.17. The van der Waals surface area contributed by atoms with Crippen molar-refractivity contribution in [2.45, 2.75) is 68.1 Å². The maximum absolute atomic E-state index is 1.54. The summed E-state index contributed by atoms with van der Waals surface area (Å²) in [6.45, 7) is 0. The zero-order valence-electron chi connectivity index (χ0n) is 8.23. The van der Waals surface area contributed by atoms with E-state index in [0.717, 1.165) is 3.86 Å². The first kappa shape index (κ1) is 10.9. The third-order valence-corrected chi connectivity index (χ3v) is 4.80. The molecule has 0 radical (unpaired) electrons. The van der Waals surface area contributed by atoms with Gasteiger partial charge in [-0.2, -0.15) is 0 Å². The van der Waals surface area contributed by atoms with Crippen LogP contribution in [0.15, 0.2) is 0 Å². The fourth-order valence-corrected chi connectivity index (χ4v) is 3.36. The van der Waals surface area contributed by atoms with Crippen LogP contribution in [0.4, 0.5) is 0 Å². The van der Waals surface area contributed by atoms with Crippen molar-refractivity contribution in [1.29, 1.82) is 0 Å². The van der Waals surface area contributed by atoms with Gasteiger partial charge in [0, 0.05) is 0 Å². The normalized spacial score (nSPS) is 24.8. The molecule has 1 aliphatic rings. The van der Waals surface area contributed by atoms with Crippen molar-refractivity contribution >= 4 is 23.0 Å². The van der Waals surface area contributed by atoms with Gasteiger partial charge in [-0.1, -0.05) is 0 Å². The molecule has 1 rings (SSSR count). The van der Waals surface area contributed by atoms with E-state index in [9.17, 15) is 0 Å². The van der Waals surface area contributed by atoms with Gasteiger partial charge < -0.3 is 0 Å². The number of hydrogen-bond donors (Lipinski definition) is 0. The van der Waals surface area contributed by atoms with E-state index in [1.807, 2.05) is 0 Å². The Morgan fingerprint density at radius 3 is 1.33 bits per heavy atom. The van der Waals surface area contributed by atoms with Crippen molar-refractivity contribution in [3.05, 3.63) is 0 Å². The number of rotatable bonds is 0. The van der Waals surface area contributed by atoms with E-state index in [2.05, 4.69) is 0 Å². The molecule has 0 aromatic carbocycles. The molecule has 0 aromatic rings. The van der Waals surface area contributed by atoms with E-state index in [1.54, 1.807) is 12.8 Å². The Kier molecular flexibility index (Phi) is 6.58. The molecule has 12 heavy (non-hydrogen) atoms. The van der Waals surface area contributed by atoms with Crippen LogP contribution >= 0.6 is 0 Å². The van der Waals surface area contributed by atoms with Crippen molar-refractivity contribution in [3.63, 3.8) is 0 Å². The van der Waals surface area contributed by atoms with E-state index in [4.69, 9.17) is 0 Å². The molecule has 1 fully saturated rings. The van der Waals surface area contributed by atoms with Crippen LogP contribution in [0, 0.1) is 0 Å². The average Bonchev–Trinajstić information content (AvgIpc) is 2.11. The fraction of sp³-hybridized carbons (Fsp3) is 1.00. The van der Waals surface area contributed by atoms with E-state index in [1.165, 1.54) is 74.4 Å². The van der Waals surface area contributed by atoms with E-state index in [0.29, 0.717) is 0 Å². The molecule has 0 bridgehead atoms. The van der Waals surface area contributed by atoms with E-state index >= 15 is 0 Å². The molecule has 1 saturated carbocycles. The molecule has 0 atom stereocenters. The SMILES string of the molecule is [SbH2][CH]1CCCCCCCCCC1. The van der Waals surface area contributed by atoms with Crippen molar-refractivity contribution in [2.24, 2.45) is 0 Å². The Bertz CT molecular complexity index is 89.2. The summed E-state index contributed by atoms with van der Waals surface area (Å²) in [6.07, 6.45) is 15.2. The van der Waals surface area contributed by atoms with Gasteiger partial charge in [-0.3, -0.25) is 0 Å². The molecule has 0 amide bonds. The van der Waals surface area contributed by atoms with Gasteiger partial charge in [-0.05, 0) is 0 Å². The first-order valence-corrected chi connectivity index (χ1v) is 7.55. The van der Waals surface area contributed by atoms with Gasteiger partial charge in [0.1, 0.15) is 0 Å². The monoisotopic (exact) mass is 276 g/mol. The molecule has 1 heteroatoms. The van der Waals surface area contributed by atoms with Crippen LogP contribution in [-0.2, 0) is 0 Å². The predicted octanol–water partition coefficient (Wildman–Crippen LogP) is 3.32. The second-order valence-corrected chi connectivity index (χ2v) is 6.86. The zero-order valence-corrected chi connectivity index (χ0v) is 11.5. The fourth-order valence-electron chi connectivity index (χ4n) is 2.02. The summed E-state index contributed by atoms with van der Waals surface area (Å²) in [6, 6.07) is 0. The van der Waals surface area contributed by atoms with Crippen LogP contribution in [0.5, 0.6) is 0 Å². The Balaban J connectivity index is 2.13. The summed E-state index contributed by atoms with van der Waals surface area (Å²) in [7, 11) is 0. The molecule has 0 aromatic heterocycles. The summed E-state index contributed by atoms with van der Waals surface area (Å²) in [5, 5.41) is 0. The van der Waals surface area contributed by atoms with Gasteiger partial charge in [0.15, 0.2) is 0 Å². The summed E-state index contributed by atoms with van der Waals surface area (Å²) in [4.78, 5) is 0. The van der Waals surface area contributed by atoms with Crippen molar-refractivity contribution in [1.82, 2.24) is 0 Å². The summed E-state index contributed by atoms with van der Waals surface area (Å²) >= 11 is 1.51. The Morgan fingerprint density at radius 2 is 0.917 bits per heavy atom. The van der Waals surface area contributed by atoms with Crippen LogP contribution in [0.25, 0.3) is 0 Å². The van der Waals surface area contributed by atoms with Crippen molar-refractivity contribution in [2.75, 3.05) is 0 Å². The Morgan fingerprint density at radius 1 is 0.583 bits per heavy atom. The van der Waals surface area contributed by atoms with Gasteiger partial charge in [0.25, 0.3) is 0 Å². The van der Waals surface area contributed by atoms with Crippen LogP contribution < -0.4 is 0 Å². The Labute approximate surface area is 91.0 Å². The van der Waals surface area contributed by atoms with Gasteiger partial charge in [-0.25, -0.2) is 0 Å². The minimum atomic E-state index is 1.13. The van der Waals surface area contributed by atoms with Crippen LogP contribution in [-0.4, -0.2) is 23.0 Å². The van der Waals surface area contributed by atoms with Gasteiger partial charge in [0.05, 0.1) is 0 Å². The van der Waals surface area contributed by atoms with Gasteiger partial charge in [-0.15, -0.1) is 0 Å². The second kappa shape index (κ2) is 7.24. The molecular weight excluding hydrogens is 254 g/mol. The van der Waals surface area contributed by atoms with Crippen LogP contribution in [0.1, 0.15) is 64.2 Å². The van der Waals surface area contributed by atoms with Crippen molar-refractivity contribution < 1.29 is 0 Å². The molecule has 0 nitrogen and oxygen atoms in total. The number of hydrogen-bond acceptors (Lipinski definition) is 0. The third-order valence-electron chi connectivity index (χ3n) is 2.90. The standard InChI is InChI=1S/C11H21.Sb.2H/c1-2-4-6-8-10-11-9-7-5-3-1;;;/h1H,2-11H2;;;. The summed E-state index contributed by atoms with van der Waals surface area (Å²) < 4.78 is 1.13.